The third-order valence-electron chi connectivity index (χ3n) is 14.2. The molecular formula is C57H76OSi. The molecule has 3 aliphatic carbocycles. The van der Waals surface area contributed by atoms with E-state index in [1.54, 1.807) is 50.1 Å². The SMILES string of the molecule is CC1=C(CCCCCCOC(C)(C)C)c2c(cc3c(c2-c2ccc(C(C)(C)C)cc2)CCC3)C1[Si](C)(C)C1C(C(C)C)=Cc2c(-c3ccc(C(C)(C)C)cc3)cccc21. The van der Waals surface area contributed by atoms with E-state index < -0.39 is 8.07 Å². The molecule has 59 heavy (non-hydrogen) atoms. The summed E-state index contributed by atoms with van der Waals surface area (Å²) in [4.78, 5) is 0. The second kappa shape index (κ2) is 16.4. The first kappa shape index (κ1) is 43.6. The van der Waals surface area contributed by atoms with E-state index >= 15 is 0 Å². The molecule has 0 radical (unpaired) electrons. The molecule has 0 amide bonds. The Hall–Kier alpha value is -3.46. The van der Waals surface area contributed by atoms with E-state index in [0.717, 1.165) is 19.4 Å². The van der Waals surface area contributed by atoms with Crippen LogP contribution >= 0.6 is 0 Å². The second-order valence-electron chi connectivity index (χ2n) is 22.4. The third kappa shape index (κ3) is 8.70. The fourth-order valence-corrected chi connectivity index (χ4v) is 16.1. The Balaban J connectivity index is 1.33. The number of aryl methyl sites for hydroxylation is 1. The zero-order valence-corrected chi connectivity index (χ0v) is 40.5. The maximum Gasteiger partial charge on any atom is 0.0722 e. The van der Waals surface area contributed by atoms with Gasteiger partial charge in [0.1, 0.15) is 0 Å². The molecule has 3 aliphatic rings. The summed E-state index contributed by atoms with van der Waals surface area (Å²) >= 11 is 0. The van der Waals surface area contributed by atoms with E-state index in [4.69, 9.17) is 4.74 Å². The Labute approximate surface area is 361 Å². The Morgan fingerprint density at radius 1 is 0.678 bits per heavy atom. The van der Waals surface area contributed by atoms with Gasteiger partial charge in [-0.25, -0.2) is 0 Å². The van der Waals surface area contributed by atoms with Crippen LogP contribution in [-0.4, -0.2) is 20.3 Å². The molecule has 0 aromatic heterocycles. The second-order valence-corrected chi connectivity index (χ2v) is 27.2. The summed E-state index contributed by atoms with van der Waals surface area (Å²) < 4.78 is 6.10. The maximum atomic E-state index is 6.10. The molecule has 0 saturated carbocycles. The first-order chi connectivity index (χ1) is 27.7. The summed E-state index contributed by atoms with van der Waals surface area (Å²) in [6.07, 6.45) is 12.3. The lowest BCUT2D eigenvalue weighted by Crippen LogP contribution is -2.43. The highest BCUT2D eigenvalue weighted by Crippen LogP contribution is 2.59. The van der Waals surface area contributed by atoms with Gasteiger partial charge in [-0.05, 0) is 155 Å². The van der Waals surface area contributed by atoms with E-state index in [2.05, 4.69) is 175 Å². The van der Waals surface area contributed by atoms with Crippen molar-refractivity contribution in [3.8, 4) is 22.3 Å². The van der Waals surface area contributed by atoms with Gasteiger partial charge in [-0.15, -0.1) is 0 Å². The van der Waals surface area contributed by atoms with E-state index in [1.165, 1.54) is 71.9 Å². The molecule has 0 spiro atoms. The van der Waals surface area contributed by atoms with Crippen molar-refractivity contribution in [1.29, 1.82) is 0 Å². The van der Waals surface area contributed by atoms with Gasteiger partial charge in [0.15, 0.2) is 0 Å². The van der Waals surface area contributed by atoms with Crippen molar-refractivity contribution in [1.82, 2.24) is 0 Å². The number of fused-ring (bicyclic) bond motifs is 3. The van der Waals surface area contributed by atoms with Crippen LogP contribution in [0.1, 0.15) is 177 Å². The average molecular weight is 805 g/mol. The molecule has 1 nitrogen and oxygen atoms in total. The molecule has 0 aliphatic heterocycles. The van der Waals surface area contributed by atoms with Crippen molar-refractivity contribution in [3.63, 3.8) is 0 Å². The Morgan fingerprint density at radius 2 is 1.29 bits per heavy atom. The van der Waals surface area contributed by atoms with Crippen LogP contribution in [0.2, 0.25) is 13.1 Å². The zero-order valence-electron chi connectivity index (χ0n) is 39.5. The summed E-state index contributed by atoms with van der Waals surface area (Å²) in [7, 11) is -2.14. The highest BCUT2D eigenvalue weighted by molar-refractivity contribution is 6.82. The van der Waals surface area contributed by atoms with Gasteiger partial charge in [-0.1, -0.05) is 171 Å². The third-order valence-corrected chi connectivity index (χ3v) is 18.5. The molecule has 4 aromatic rings. The maximum absolute atomic E-state index is 6.10. The number of ether oxygens (including phenoxy) is 1. The van der Waals surface area contributed by atoms with Crippen LogP contribution in [0.5, 0.6) is 0 Å². The fourth-order valence-electron chi connectivity index (χ4n) is 11.1. The van der Waals surface area contributed by atoms with Crippen molar-refractivity contribution in [2.24, 2.45) is 5.92 Å². The Morgan fingerprint density at radius 3 is 1.88 bits per heavy atom. The summed E-state index contributed by atoms with van der Waals surface area (Å²) in [5.41, 5.74) is 24.2. The van der Waals surface area contributed by atoms with E-state index in [0.29, 0.717) is 17.0 Å². The Kier molecular flexibility index (Phi) is 12.1. The minimum atomic E-state index is -2.14. The number of unbranched alkanes of at least 4 members (excludes halogenated alkanes) is 3. The summed E-state index contributed by atoms with van der Waals surface area (Å²) in [6.45, 7) is 34.3. The van der Waals surface area contributed by atoms with Gasteiger partial charge in [0.2, 0.25) is 0 Å². The van der Waals surface area contributed by atoms with Gasteiger partial charge in [-0.3, -0.25) is 0 Å². The van der Waals surface area contributed by atoms with Crippen LogP contribution in [0.25, 0.3) is 33.9 Å². The van der Waals surface area contributed by atoms with Gasteiger partial charge in [0.25, 0.3) is 0 Å². The quantitative estimate of drug-likeness (QED) is 0.102. The first-order valence-corrected chi connectivity index (χ1v) is 26.4. The lowest BCUT2D eigenvalue weighted by Gasteiger charge is -2.40. The molecule has 314 valence electrons. The average Bonchev–Trinajstić information content (AvgIpc) is 3.87. The molecule has 0 saturated heterocycles. The van der Waals surface area contributed by atoms with Gasteiger partial charge in [-0.2, -0.15) is 0 Å². The Bertz CT molecular complexity index is 2220. The lowest BCUT2D eigenvalue weighted by atomic mass is 9.83. The molecule has 2 heteroatoms. The molecule has 4 aromatic carbocycles. The molecule has 2 unspecified atom stereocenters. The number of allylic oxidation sites excluding steroid dienone is 3. The summed E-state index contributed by atoms with van der Waals surface area (Å²) in [5, 5.41) is 0. The van der Waals surface area contributed by atoms with E-state index in [9.17, 15) is 0 Å². The van der Waals surface area contributed by atoms with Crippen LogP contribution in [0.15, 0.2) is 83.9 Å². The molecule has 0 N–H and O–H groups in total. The molecule has 2 atom stereocenters. The molecule has 0 heterocycles. The molecule has 0 fully saturated rings. The number of hydrogen-bond donors (Lipinski definition) is 0. The number of hydrogen-bond acceptors (Lipinski definition) is 1. The minimum absolute atomic E-state index is 0.0628. The van der Waals surface area contributed by atoms with Crippen LogP contribution in [-0.2, 0) is 28.4 Å². The van der Waals surface area contributed by atoms with Crippen molar-refractivity contribution in [2.45, 2.75) is 175 Å². The van der Waals surface area contributed by atoms with Crippen LogP contribution in [0.4, 0.5) is 0 Å². The van der Waals surface area contributed by atoms with E-state index in [-0.39, 0.29) is 16.4 Å². The number of rotatable bonds is 12. The lowest BCUT2D eigenvalue weighted by molar-refractivity contribution is -0.00473. The zero-order chi connectivity index (χ0) is 42.7. The molecule has 7 rings (SSSR count). The summed E-state index contributed by atoms with van der Waals surface area (Å²) in [5.74, 6) is 0.485. The van der Waals surface area contributed by atoms with Crippen LogP contribution < -0.4 is 0 Å². The summed E-state index contributed by atoms with van der Waals surface area (Å²) in [6, 6.07) is 29.2. The number of benzene rings is 4. The predicted molar refractivity (Wildman–Crippen MR) is 260 cm³/mol. The topological polar surface area (TPSA) is 9.23 Å². The van der Waals surface area contributed by atoms with Crippen LogP contribution in [0.3, 0.4) is 0 Å². The predicted octanol–water partition coefficient (Wildman–Crippen LogP) is 16.4. The monoisotopic (exact) mass is 805 g/mol. The highest BCUT2D eigenvalue weighted by atomic mass is 28.3. The van der Waals surface area contributed by atoms with Crippen molar-refractivity contribution < 1.29 is 4.74 Å². The molecular weight excluding hydrogens is 729 g/mol. The van der Waals surface area contributed by atoms with E-state index in [1.807, 2.05) is 0 Å². The normalized spacial score (nSPS) is 18.1. The van der Waals surface area contributed by atoms with Gasteiger partial charge < -0.3 is 4.74 Å². The van der Waals surface area contributed by atoms with Gasteiger partial charge >= 0.3 is 0 Å². The molecule has 0 bridgehead atoms. The van der Waals surface area contributed by atoms with Gasteiger partial charge in [0, 0.05) is 17.7 Å². The fraction of sp³-hybridized carbons (Fsp3) is 0.509. The largest absolute Gasteiger partial charge is 0.376 e. The van der Waals surface area contributed by atoms with Gasteiger partial charge in [0.05, 0.1) is 13.7 Å². The minimum Gasteiger partial charge on any atom is -0.376 e. The van der Waals surface area contributed by atoms with Crippen LogP contribution in [0, 0.1) is 5.92 Å². The smallest absolute Gasteiger partial charge is 0.0722 e. The van der Waals surface area contributed by atoms with Crippen molar-refractivity contribution >= 4 is 19.7 Å². The standard InChI is InChI=1S/C57H76OSi/c1-37(2)48-36-49-45(39-26-30-42(31-27-39)55(4,5)6)23-20-25-47(49)54(48)59(13,14)53-38(3)44(22-17-15-16-18-34-58-57(10,11)12)52-50(53)35-41-21-19-24-46(41)51(52)40-28-32-43(33-29-40)56(7,8)9/h20,23,25-33,35-37,53-54H,15-19,21-22,24,34H2,1-14H3. The van der Waals surface area contributed by atoms with Crippen molar-refractivity contribution in [3.05, 3.63) is 128 Å². The first-order valence-electron chi connectivity index (χ1n) is 23.3. The highest BCUT2D eigenvalue weighted by Gasteiger charge is 2.50. The van der Waals surface area contributed by atoms with Crippen molar-refractivity contribution in [2.75, 3.05) is 6.61 Å².